The van der Waals surface area contributed by atoms with Gasteiger partial charge in [0.25, 0.3) is 5.91 Å². The molecule has 1 aliphatic heterocycles. The molecule has 0 spiro atoms. The number of hydrogen-bond acceptors (Lipinski definition) is 4. The number of benzene rings is 1. The molecule has 1 unspecified atom stereocenters. The van der Waals surface area contributed by atoms with Gasteiger partial charge in [0.05, 0.1) is 0 Å². The molecule has 2 heterocycles. The highest BCUT2D eigenvalue weighted by molar-refractivity contribution is 6.14. The Hall–Kier alpha value is -2.57. The number of fused-ring (bicyclic) bond motifs is 1. The third-order valence-electron chi connectivity index (χ3n) is 3.14. The molecule has 1 atom stereocenters. The van der Waals surface area contributed by atoms with Crippen LogP contribution in [0.25, 0.3) is 0 Å². The number of nitrogens with zero attached hydrogens (tertiary/aromatic N) is 3. The number of carbonyl (C=O) groups is 2. The Morgan fingerprint density at radius 3 is 2.80 bits per heavy atom. The maximum atomic E-state index is 13.8. The summed E-state index contributed by atoms with van der Waals surface area (Å²) in [5.41, 5.74) is 0.0363. The standard InChI is InChI=1S/C13H11FN4O2/c1-2-9-15-13-16-11(19)10(12(20)18(13)17-9)7-5-3-4-6-8(7)14/h3-6,10H,2H2,1H3,(H,15,16,17,19). The Bertz CT molecular complexity index is 710. The number of carbonyl (C=O) groups excluding carboxylic acids is 2. The van der Waals surface area contributed by atoms with Gasteiger partial charge in [0.15, 0.2) is 5.82 Å². The number of anilines is 1. The van der Waals surface area contributed by atoms with Crippen LogP contribution in [0.15, 0.2) is 24.3 Å². The van der Waals surface area contributed by atoms with Gasteiger partial charge in [-0.25, -0.2) is 4.39 Å². The fourth-order valence-corrected chi connectivity index (χ4v) is 2.14. The second kappa shape index (κ2) is 4.52. The van der Waals surface area contributed by atoms with Gasteiger partial charge in [-0.15, -0.1) is 5.10 Å². The Balaban J connectivity index is 2.08. The predicted molar refractivity (Wildman–Crippen MR) is 67.8 cm³/mol. The summed E-state index contributed by atoms with van der Waals surface area (Å²) in [5.74, 6) is -2.49. The summed E-state index contributed by atoms with van der Waals surface area (Å²) in [6.45, 7) is 1.84. The van der Waals surface area contributed by atoms with Gasteiger partial charge in [0, 0.05) is 12.0 Å². The maximum Gasteiger partial charge on any atom is 0.267 e. The molecule has 1 N–H and O–H groups in total. The van der Waals surface area contributed by atoms with E-state index in [0.717, 1.165) is 4.68 Å². The van der Waals surface area contributed by atoms with Crippen LogP contribution in [0, 0.1) is 5.82 Å². The molecule has 102 valence electrons. The minimum Gasteiger partial charge on any atom is -0.293 e. The molecule has 0 radical (unpaired) electrons. The molecule has 2 aromatic rings. The smallest absolute Gasteiger partial charge is 0.267 e. The second-order valence-corrected chi connectivity index (χ2v) is 4.40. The Labute approximate surface area is 113 Å². The van der Waals surface area contributed by atoms with Gasteiger partial charge < -0.3 is 0 Å². The SMILES string of the molecule is CCc1nc2n(n1)C(=O)C(c1ccccc1F)C(=O)N2. The van der Waals surface area contributed by atoms with E-state index >= 15 is 0 Å². The lowest BCUT2D eigenvalue weighted by Crippen LogP contribution is -2.38. The van der Waals surface area contributed by atoms with Crippen molar-refractivity contribution in [1.29, 1.82) is 0 Å². The van der Waals surface area contributed by atoms with E-state index in [1.807, 2.05) is 6.92 Å². The van der Waals surface area contributed by atoms with Crippen LogP contribution in [-0.4, -0.2) is 26.6 Å². The molecule has 6 nitrogen and oxygen atoms in total. The monoisotopic (exact) mass is 274 g/mol. The van der Waals surface area contributed by atoms with Gasteiger partial charge in [0.2, 0.25) is 11.9 Å². The number of amides is 1. The zero-order chi connectivity index (χ0) is 14.3. The van der Waals surface area contributed by atoms with Crippen molar-refractivity contribution < 1.29 is 14.0 Å². The first-order valence-electron chi connectivity index (χ1n) is 6.17. The molecule has 1 amide bonds. The van der Waals surface area contributed by atoms with E-state index in [1.165, 1.54) is 18.2 Å². The van der Waals surface area contributed by atoms with Crippen LogP contribution in [0.4, 0.5) is 10.3 Å². The molecular weight excluding hydrogens is 263 g/mol. The molecule has 20 heavy (non-hydrogen) atoms. The molecule has 0 saturated heterocycles. The van der Waals surface area contributed by atoms with Crippen molar-refractivity contribution in [3.8, 4) is 0 Å². The van der Waals surface area contributed by atoms with Crippen LogP contribution in [0.5, 0.6) is 0 Å². The lowest BCUT2D eigenvalue weighted by molar-refractivity contribution is -0.117. The third kappa shape index (κ3) is 1.78. The normalized spacial score (nSPS) is 17.8. The van der Waals surface area contributed by atoms with Crippen LogP contribution in [-0.2, 0) is 11.2 Å². The van der Waals surface area contributed by atoms with E-state index in [2.05, 4.69) is 15.4 Å². The van der Waals surface area contributed by atoms with E-state index < -0.39 is 23.5 Å². The summed E-state index contributed by atoms with van der Waals surface area (Å²) in [4.78, 5) is 28.4. The van der Waals surface area contributed by atoms with Gasteiger partial charge in [-0.2, -0.15) is 9.67 Å². The zero-order valence-corrected chi connectivity index (χ0v) is 10.6. The van der Waals surface area contributed by atoms with Crippen molar-refractivity contribution in [2.45, 2.75) is 19.3 Å². The summed E-state index contributed by atoms with van der Waals surface area (Å²) in [6.07, 6.45) is 0.535. The molecule has 0 aliphatic carbocycles. The number of aromatic nitrogens is 3. The first-order chi connectivity index (χ1) is 9.61. The van der Waals surface area contributed by atoms with Crippen LogP contribution < -0.4 is 5.32 Å². The minimum absolute atomic E-state index is 0.0363. The van der Waals surface area contributed by atoms with Crippen molar-refractivity contribution in [3.05, 3.63) is 41.5 Å². The second-order valence-electron chi connectivity index (χ2n) is 4.40. The van der Waals surface area contributed by atoms with Crippen molar-refractivity contribution in [3.63, 3.8) is 0 Å². The first kappa shape index (κ1) is 12.5. The van der Waals surface area contributed by atoms with Gasteiger partial charge >= 0.3 is 0 Å². The Morgan fingerprint density at radius 1 is 1.35 bits per heavy atom. The van der Waals surface area contributed by atoms with E-state index in [9.17, 15) is 14.0 Å². The van der Waals surface area contributed by atoms with E-state index in [4.69, 9.17) is 0 Å². The zero-order valence-electron chi connectivity index (χ0n) is 10.6. The fourth-order valence-electron chi connectivity index (χ4n) is 2.14. The third-order valence-corrected chi connectivity index (χ3v) is 3.14. The average Bonchev–Trinajstić information content (AvgIpc) is 2.84. The first-order valence-corrected chi connectivity index (χ1v) is 6.17. The van der Waals surface area contributed by atoms with Crippen molar-refractivity contribution in [2.24, 2.45) is 0 Å². The average molecular weight is 274 g/mol. The minimum atomic E-state index is -1.24. The number of rotatable bonds is 2. The molecule has 0 fully saturated rings. The van der Waals surface area contributed by atoms with Crippen molar-refractivity contribution in [1.82, 2.24) is 14.8 Å². The highest BCUT2D eigenvalue weighted by atomic mass is 19.1. The highest BCUT2D eigenvalue weighted by Crippen LogP contribution is 2.27. The molecule has 0 saturated carbocycles. The summed E-state index contributed by atoms with van der Waals surface area (Å²) < 4.78 is 14.8. The molecule has 1 aromatic carbocycles. The van der Waals surface area contributed by atoms with Crippen LogP contribution in [0.2, 0.25) is 0 Å². The van der Waals surface area contributed by atoms with Crippen LogP contribution in [0.1, 0.15) is 29.0 Å². The lowest BCUT2D eigenvalue weighted by Gasteiger charge is -2.21. The highest BCUT2D eigenvalue weighted by Gasteiger charge is 2.38. The van der Waals surface area contributed by atoms with E-state index in [1.54, 1.807) is 6.07 Å². The molecule has 1 aliphatic rings. The summed E-state index contributed by atoms with van der Waals surface area (Å²) in [6, 6.07) is 5.71. The topological polar surface area (TPSA) is 76.9 Å². The summed E-state index contributed by atoms with van der Waals surface area (Å²) >= 11 is 0. The summed E-state index contributed by atoms with van der Waals surface area (Å²) in [7, 11) is 0. The van der Waals surface area contributed by atoms with E-state index in [-0.39, 0.29) is 11.5 Å². The number of halogens is 1. The van der Waals surface area contributed by atoms with Gasteiger partial charge in [-0.1, -0.05) is 25.1 Å². The number of aryl methyl sites for hydroxylation is 1. The molecular formula is C13H11FN4O2. The van der Waals surface area contributed by atoms with E-state index in [0.29, 0.717) is 12.2 Å². The molecule has 7 heteroatoms. The molecule has 3 rings (SSSR count). The van der Waals surface area contributed by atoms with Gasteiger partial charge in [-0.05, 0) is 6.07 Å². The fraction of sp³-hybridized carbons (Fsp3) is 0.231. The van der Waals surface area contributed by atoms with Crippen molar-refractivity contribution in [2.75, 3.05) is 5.32 Å². The van der Waals surface area contributed by atoms with Crippen molar-refractivity contribution >= 4 is 17.8 Å². The summed E-state index contributed by atoms with van der Waals surface area (Å²) in [5, 5.41) is 6.49. The Kier molecular flexibility index (Phi) is 2.81. The van der Waals surface area contributed by atoms with Crippen LogP contribution in [0.3, 0.4) is 0 Å². The quantitative estimate of drug-likeness (QED) is 0.839. The predicted octanol–water partition coefficient (Wildman–Crippen LogP) is 1.36. The largest absolute Gasteiger partial charge is 0.293 e. The lowest BCUT2D eigenvalue weighted by atomic mass is 9.96. The molecule has 0 bridgehead atoms. The van der Waals surface area contributed by atoms with Gasteiger partial charge in [-0.3, -0.25) is 14.9 Å². The number of nitrogens with one attached hydrogen (secondary N) is 1. The maximum absolute atomic E-state index is 13.8. The van der Waals surface area contributed by atoms with Gasteiger partial charge in [0.1, 0.15) is 11.7 Å². The Morgan fingerprint density at radius 2 is 2.10 bits per heavy atom. The molecule has 1 aromatic heterocycles. The van der Waals surface area contributed by atoms with Crippen LogP contribution >= 0.6 is 0 Å². The number of hydrogen-bond donors (Lipinski definition) is 1.